The molecule has 6 nitrogen and oxygen atoms in total. The summed E-state index contributed by atoms with van der Waals surface area (Å²) in [4.78, 5) is 37.5. The molecule has 4 atom stereocenters. The molecule has 118 valence electrons. The standard InChI is InChI=1S/C15H23NO5/c1-3-21-15(20)12-5-4-6-16(12)13(17)10-7-9(2)8-11(10)14(18)19/h9-12H,3-8H2,1-2H3,(H,18,19)/t9?,10-,11+,12?/m0/s1. The number of nitrogens with zero attached hydrogens (tertiary/aromatic N) is 1. The Hall–Kier alpha value is -1.59. The molecule has 0 bridgehead atoms. The zero-order valence-corrected chi connectivity index (χ0v) is 12.6. The summed E-state index contributed by atoms with van der Waals surface area (Å²) in [7, 11) is 0. The number of carboxylic acid groups (broad SMARTS) is 1. The van der Waals surface area contributed by atoms with Gasteiger partial charge in [0.15, 0.2) is 0 Å². The van der Waals surface area contributed by atoms with Gasteiger partial charge in [-0.15, -0.1) is 0 Å². The first-order valence-corrected chi connectivity index (χ1v) is 7.65. The van der Waals surface area contributed by atoms with Crippen LogP contribution in [0.4, 0.5) is 0 Å². The van der Waals surface area contributed by atoms with Gasteiger partial charge >= 0.3 is 11.9 Å². The Morgan fingerprint density at radius 2 is 1.90 bits per heavy atom. The first kappa shape index (κ1) is 15.8. The van der Waals surface area contributed by atoms with Crippen LogP contribution in [0.2, 0.25) is 0 Å². The number of hydrogen-bond donors (Lipinski definition) is 1. The molecule has 6 heteroatoms. The number of rotatable bonds is 4. The van der Waals surface area contributed by atoms with Crippen molar-refractivity contribution in [2.75, 3.05) is 13.2 Å². The Labute approximate surface area is 124 Å². The molecule has 0 aromatic carbocycles. The van der Waals surface area contributed by atoms with Crippen LogP contribution in [-0.2, 0) is 19.1 Å². The van der Waals surface area contributed by atoms with Crippen molar-refractivity contribution in [1.82, 2.24) is 4.90 Å². The first-order valence-electron chi connectivity index (χ1n) is 7.65. The van der Waals surface area contributed by atoms with Gasteiger partial charge in [-0.2, -0.15) is 0 Å². The average molecular weight is 297 g/mol. The van der Waals surface area contributed by atoms with Gasteiger partial charge in [-0.1, -0.05) is 6.92 Å². The van der Waals surface area contributed by atoms with Crippen LogP contribution in [-0.4, -0.2) is 47.0 Å². The van der Waals surface area contributed by atoms with Crippen LogP contribution < -0.4 is 0 Å². The van der Waals surface area contributed by atoms with Gasteiger partial charge < -0.3 is 14.7 Å². The quantitative estimate of drug-likeness (QED) is 0.790. The summed E-state index contributed by atoms with van der Waals surface area (Å²) in [5.74, 6) is -2.39. The molecule has 1 saturated heterocycles. The van der Waals surface area contributed by atoms with Crippen LogP contribution >= 0.6 is 0 Å². The minimum Gasteiger partial charge on any atom is -0.481 e. The van der Waals surface area contributed by atoms with Gasteiger partial charge in [0.05, 0.1) is 18.4 Å². The third kappa shape index (κ3) is 3.19. The number of esters is 1. The van der Waals surface area contributed by atoms with E-state index in [9.17, 15) is 19.5 Å². The summed E-state index contributed by atoms with van der Waals surface area (Å²) in [5.41, 5.74) is 0. The minimum absolute atomic E-state index is 0.192. The van der Waals surface area contributed by atoms with Gasteiger partial charge in [-0.25, -0.2) is 4.79 Å². The van der Waals surface area contributed by atoms with Crippen molar-refractivity contribution in [2.24, 2.45) is 17.8 Å². The molecule has 2 rings (SSSR count). The minimum atomic E-state index is -0.912. The summed E-state index contributed by atoms with van der Waals surface area (Å²) in [6, 6.07) is -0.539. The molecule has 1 aliphatic carbocycles. The summed E-state index contributed by atoms with van der Waals surface area (Å²) < 4.78 is 5.02. The summed E-state index contributed by atoms with van der Waals surface area (Å²) >= 11 is 0. The van der Waals surface area contributed by atoms with Crippen molar-refractivity contribution in [3.05, 3.63) is 0 Å². The van der Waals surface area contributed by atoms with Crippen LogP contribution in [0.5, 0.6) is 0 Å². The third-order valence-electron chi connectivity index (χ3n) is 4.53. The lowest BCUT2D eigenvalue weighted by molar-refractivity contribution is -0.156. The van der Waals surface area contributed by atoms with Gasteiger partial charge in [0.2, 0.25) is 5.91 Å². The Morgan fingerprint density at radius 1 is 1.24 bits per heavy atom. The normalized spacial score (nSPS) is 32.2. The zero-order valence-electron chi connectivity index (χ0n) is 12.6. The van der Waals surface area contributed by atoms with E-state index in [0.29, 0.717) is 25.8 Å². The third-order valence-corrected chi connectivity index (χ3v) is 4.53. The molecule has 0 aromatic rings. The first-order chi connectivity index (χ1) is 9.95. The van der Waals surface area contributed by atoms with Gasteiger partial charge in [-0.3, -0.25) is 9.59 Å². The van der Waals surface area contributed by atoms with Crippen molar-refractivity contribution in [1.29, 1.82) is 0 Å². The highest BCUT2D eigenvalue weighted by atomic mass is 16.5. The van der Waals surface area contributed by atoms with E-state index in [2.05, 4.69) is 0 Å². The van der Waals surface area contributed by atoms with Crippen molar-refractivity contribution in [3.8, 4) is 0 Å². The van der Waals surface area contributed by atoms with Crippen molar-refractivity contribution in [2.45, 2.75) is 45.6 Å². The van der Waals surface area contributed by atoms with Crippen molar-refractivity contribution in [3.63, 3.8) is 0 Å². The highest BCUT2D eigenvalue weighted by molar-refractivity contribution is 5.89. The summed E-state index contributed by atoms with van der Waals surface area (Å²) in [6.07, 6.45) is 2.48. The number of carboxylic acids is 1. The lowest BCUT2D eigenvalue weighted by atomic mass is 9.94. The lowest BCUT2D eigenvalue weighted by Crippen LogP contribution is -2.45. The fourth-order valence-electron chi connectivity index (χ4n) is 3.56. The maximum absolute atomic E-state index is 12.7. The second kappa shape index (κ2) is 6.45. The maximum Gasteiger partial charge on any atom is 0.328 e. The Balaban J connectivity index is 2.11. The Morgan fingerprint density at radius 3 is 2.52 bits per heavy atom. The molecule has 1 N–H and O–H groups in total. The van der Waals surface area contributed by atoms with E-state index in [-0.39, 0.29) is 24.4 Å². The van der Waals surface area contributed by atoms with E-state index in [0.717, 1.165) is 6.42 Å². The number of carbonyl (C=O) groups is 3. The van der Waals surface area contributed by atoms with Crippen LogP contribution in [0.25, 0.3) is 0 Å². The van der Waals surface area contributed by atoms with Crippen molar-refractivity contribution >= 4 is 17.8 Å². The zero-order chi connectivity index (χ0) is 15.6. The molecular formula is C15H23NO5. The molecule has 0 aromatic heterocycles. The number of likely N-dealkylation sites (tertiary alicyclic amines) is 1. The number of hydrogen-bond acceptors (Lipinski definition) is 4. The van der Waals surface area contributed by atoms with Crippen LogP contribution in [0.3, 0.4) is 0 Å². The van der Waals surface area contributed by atoms with Gasteiger partial charge in [0, 0.05) is 6.54 Å². The molecule has 1 amide bonds. The topological polar surface area (TPSA) is 83.9 Å². The van der Waals surface area contributed by atoms with Gasteiger partial charge in [0.1, 0.15) is 6.04 Å². The van der Waals surface area contributed by atoms with Crippen molar-refractivity contribution < 1.29 is 24.2 Å². The van der Waals surface area contributed by atoms with E-state index < -0.39 is 23.8 Å². The molecule has 21 heavy (non-hydrogen) atoms. The molecule has 1 heterocycles. The largest absolute Gasteiger partial charge is 0.481 e. The molecule has 0 spiro atoms. The van der Waals surface area contributed by atoms with E-state index >= 15 is 0 Å². The highest BCUT2D eigenvalue weighted by Crippen LogP contribution is 2.38. The number of aliphatic carboxylic acids is 1. The van der Waals surface area contributed by atoms with Crippen LogP contribution in [0.1, 0.15) is 39.5 Å². The number of ether oxygens (including phenoxy) is 1. The number of carbonyl (C=O) groups excluding carboxylic acids is 2. The Bertz CT molecular complexity index is 436. The van der Waals surface area contributed by atoms with Gasteiger partial charge in [-0.05, 0) is 38.5 Å². The molecule has 2 unspecified atom stereocenters. The highest BCUT2D eigenvalue weighted by Gasteiger charge is 2.46. The molecule has 2 aliphatic rings. The summed E-state index contributed by atoms with van der Waals surface area (Å²) in [6.45, 7) is 4.50. The molecular weight excluding hydrogens is 274 g/mol. The predicted molar refractivity (Wildman–Crippen MR) is 74.4 cm³/mol. The lowest BCUT2D eigenvalue weighted by Gasteiger charge is -2.27. The SMILES string of the molecule is CCOC(=O)C1CCCN1C(=O)[C@H]1CC(C)C[C@H]1C(=O)O. The molecule has 1 aliphatic heterocycles. The fourth-order valence-corrected chi connectivity index (χ4v) is 3.56. The molecule has 2 fully saturated rings. The average Bonchev–Trinajstić information content (AvgIpc) is 3.04. The van der Waals surface area contributed by atoms with E-state index in [1.807, 2.05) is 6.92 Å². The van der Waals surface area contributed by atoms with Gasteiger partial charge in [0.25, 0.3) is 0 Å². The second-order valence-corrected chi connectivity index (χ2v) is 6.07. The maximum atomic E-state index is 12.7. The summed E-state index contributed by atoms with van der Waals surface area (Å²) in [5, 5.41) is 9.29. The predicted octanol–water partition coefficient (Wildman–Crippen LogP) is 1.29. The monoisotopic (exact) mass is 297 g/mol. The van der Waals surface area contributed by atoms with Crippen LogP contribution in [0.15, 0.2) is 0 Å². The van der Waals surface area contributed by atoms with Crippen LogP contribution in [0, 0.1) is 17.8 Å². The molecule has 1 saturated carbocycles. The number of amides is 1. The second-order valence-electron chi connectivity index (χ2n) is 6.07. The van der Waals surface area contributed by atoms with E-state index in [4.69, 9.17) is 4.74 Å². The molecule has 0 radical (unpaired) electrons. The van der Waals surface area contributed by atoms with E-state index in [1.54, 1.807) is 6.92 Å². The van der Waals surface area contributed by atoms with E-state index in [1.165, 1.54) is 4.90 Å². The smallest absolute Gasteiger partial charge is 0.328 e. The fraction of sp³-hybridized carbons (Fsp3) is 0.800. The Kier molecular flexibility index (Phi) is 4.85.